The fraction of sp³-hybridized carbons (Fsp3) is 0.889. The normalized spacial score (nSPS) is 21.7. The maximum absolute atomic E-state index is 9.60. The molecule has 1 unspecified atom stereocenters. The van der Waals surface area contributed by atoms with Crippen molar-refractivity contribution in [3.8, 4) is 0 Å². The molecule has 1 heterocycles. The minimum absolute atomic E-state index is 0.318. The molecule has 13 heavy (non-hydrogen) atoms. The maximum Gasteiger partial charge on any atom is 0.293 e. The lowest BCUT2D eigenvalue weighted by atomic mass is 10.2. The molecular weight excluding hydrogens is 186 g/mol. The first-order valence-electron chi connectivity index (χ1n) is 4.46. The predicted molar refractivity (Wildman–Crippen MR) is 57.2 cm³/mol. The first kappa shape index (κ1) is 12.8. The number of rotatable bonds is 1. The van der Waals surface area contributed by atoms with Crippen LogP contribution in [-0.4, -0.2) is 30.4 Å². The highest BCUT2D eigenvalue weighted by Gasteiger charge is 2.07. The summed E-state index contributed by atoms with van der Waals surface area (Å²) < 4.78 is 4.55. The minimum atomic E-state index is -0.318. The van der Waals surface area contributed by atoms with Crippen molar-refractivity contribution in [1.29, 1.82) is 0 Å². The molecule has 0 radical (unpaired) electrons. The smallest absolute Gasteiger partial charge is 0.293 e. The molecule has 78 valence electrons. The molecule has 0 aliphatic carbocycles. The first-order valence-corrected chi connectivity index (χ1v) is 4.97. The van der Waals surface area contributed by atoms with Gasteiger partial charge in [0.25, 0.3) is 6.47 Å². The summed E-state index contributed by atoms with van der Waals surface area (Å²) in [5.41, 5.74) is -0.318. The Morgan fingerprint density at radius 1 is 1.54 bits per heavy atom. The zero-order valence-corrected chi connectivity index (χ0v) is 9.43. The fourth-order valence-corrected chi connectivity index (χ4v) is 1.04. The summed E-state index contributed by atoms with van der Waals surface area (Å²) in [6, 6.07) is 0. The first-order chi connectivity index (χ1) is 5.95. The molecule has 1 atom stereocenters. The van der Waals surface area contributed by atoms with Crippen molar-refractivity contribution in [2.24, 2.45) is 0 Å². The molecule has 1 rings (SSSR count). The molecule has 4 heteroatoms. The van der Waals surface area contributed by atoms with E-state index in [9.17, 15) is 4.79 Å². The van der Waals surface area contributed by atoms with Crippen LogP contribution in [-0.2, 0) is 9.53 Å². The Bertz CT molecular complexity index is 139. The Balaban J connectivity index is 0.000000223. The van der Waals surface area contributed by atoms with E-state index in [4.69, 9.17) is 0 Å². The monoisotopic (exact) mass is 205 g/mol. The van der Waals surface area contributed by atoms with E-state index in [0.29, 0.717) is 11.7 Å². The third-order valence-corrected chi connectivity index (χ3v) is 1.88. The quantitative estimate of drug-likeness (QED) is 0.499. The lowest BCUT2D eigenvalue weighted by molar-refractivity contribution is -0.138. The van der Waals surface area contributed by atoms with E-state index >= 15 is 0 Å². The second-order valence-electron chi connectivity index (χ2n) is 3.97. The largest absolute Gasteiger partial charge is 0.462 e. The number of carbonyl (C=O) groups is 1. The van der Waals surface area contributed by atoms with Crippen molar-refractivity contribution in [3.05, 3.63) is 0 Å². The van der Waals surface area contributed by atoms with E-state index in [1.165, 1.54) is 6.42 Å². The highest BCUT2D eigenvalue weighted by Crippen LogP contribution is 2.03. The van der Waals surface area contributed by atoms with E-state index < -0.39 is 0 Å². The average Bonchev–Trinajstić information content (AvgIpc) is 2.38. The van der Waals surface area contributed by atoms with Crippen LogP contribution in [0.5, 0.6) is 0 Å². The van der Waals surface area contributed by atoms with Gasteiger partial charge in [-0.2, -0.15) is 12.6 Å². The number of thiol groups is 1. The summed E-state index contributed by atoms with van der Waals surface area (Å²) in [6.45, 7) is 8.18. The van der Waals surface area contributed by atoms with Crippen LogP contribution in [0.4, 0.5) is 0 Å². The van der Waals surface area contributed by atoms with Gasteiger partial charge in [0.05, 0.1) is 0 Å². The van der Waals surface area contributed by atoms with Gasteiger partial charge in [0, 0.05) is 11.8 Å². The molecule has 3 nitrogen and oxygen atoms in total. The number of hydrogen-bond donors (Lipinski definition) is 2. The molecule has 1 aliphatic rings. The molecule has 1 fully saturated rings. The number of nitrogens with one attached hydrogen (secondary N) is 1. The van der Waals surface area contributed by atoms with Crippen molar-refractivity contribution in [2.45, 2.75) is 38.0 Å². The lowest BCUT2D eigenvalue weighted by Gasteiger charge is -2.14. The molecule has 0 bridgehead atoms. The number of carbonyl (C=O) groups excluding carboxylic acids is 1. The molecule has 0 saturated carbocycles. The van der Waals surface area contributed by atoms with E-state index in [1.54, 1.807) is 0 Å². The van der Waals surface area contributed by atoms with Crippen molar-refractivity contribution in [2.75, 3.05) is 13.1 Å². The van der Waals surface area contributed by atoms with Gasteiger partial charge in [-0.25, -0.2) is 0 Å². The number of ether oxygens (including phenoxy) is 1. The summed E-state index contributed by atoms with van der Waals surface area (Å²) in [6.07, 6.45) is 1.24. The van der Waals surface area contributed by atoms with Crippen LogP contribution < -0.4 is 5.32 Å². The van der Waals surface area contributed by atoms with Crippen LogP contribution in [0.25, 0.3) is 0 Å². The van der Waals surface area contributed by atoms with Crippen molar-refractivity contribution in [3.63, 3.8) is 0 Å². The van der Waals surface area contributed by atoms with Crippen LogP contribution >= 0.6 is 12.6 Å². The van der Waals surface area contributed by atoms with Crippen LogP contribution in [0.1, 0.15) is 27.2 Å². The number of hydrogen-bond acceptors (Lipinski definition) is 4. The van der Waals surface area contributed by atoms with Crippen LogP contribution in [0.3, 0.4) is 0 Å². The fourth-order valence-electron chi connectivity index (χ4n) is 0.784. The molecule has 1 N–H and O–H groups in total. The summed E-state index contributed by atoms with van der Waals surface area (Å²) >= 11 is 4.23. The third-order valence-electron chi connectivity index (χ3n) is 1.44. The van der Waals surface area contributed by atoms with E-state index in [0.717, 1.165) is 13.1 Å². The van der Waals surface area contributed by atoms with Crippen molar-refractivity contribution < 1.29 is 9.53 Å². The summed E-state index contributed by atoms with van der Waals surface area (Å²) in [4.78, 5) is 9.60. The SMILES string of the molecule is CC(C)(C)OC=O.SC1CCNC1. The Labute approximate surface area is 85.6 Å². The lowest BCUT2D eigenvalue weighted by Crippen LogP contribution is -2.17. The van der Waals surface area contributed by atoms with Gasteiger partial charge < -0.3 is 10.1 Å². The second kappa shape index (κ2) is 6.27. The maximum atomic E-state index is 9.60. The minimum Gasteiger partial charge on any atom is -0.462 e. The van der Waals surface area contributed by atoms with Crippen molar-refractivity contribution in [1.82, 2.24) is 5.32 Å². The molecule has 0 aromatic rings. The molecule has 0 aromatic carbocycles. The summed E-state index contributed by atoms with van der Waals surface area (Å²) in [7, 11) is 0. The van der Waals surface area contributed by atoms with E-state index in [2.05, 4.69) is 22.7 Å². The van der Waals surface area contributed by atoms with Gasteiger partial charge >= 0.3 is 0 Å². The van der Waals surface area contributed by atoms with Gasteiger partial charge in [0.1, 0.15) is 5.60 Å². The molecule has 0 spiro atoms. The highest BCUT2D eigenvalue weighted by atomic mass is 32.1. The zero-order valence-electron chi connectivity index (χ0n) is 8.54. The third kappa shape index (κ3) is 9.70. The zero-order chi connectivity index (χ0) is 10.3. The van der Waals surface area contributed by atoms with Gasteiger partial charge in [-0.3, -0.25) is 4.79 Å². The Morgan fingerprint density at radius 3 is 2.23 bits per heavy atom. The Hall–Kier alpha value is -0.220. The van der Waals surface area contributed by atoms with Gasteiger partial charge in [-0.15, -0.1) is 0 Å². The van der Waals surface area contributed by atoms with Gasteiger partial charge in [0.2, 0.25) is 0 Å². The van der Waals surface area contributed by atoms with Crippen LogP contribution in [0.15, 0.2) is 0 Å². The summed E-state index contributed by atoms with van der Waals surface area (Å²) in [5.74, 6) is 0. The van der Waals surface area contributed by atoms with Gasteiger partial charge in [-0.05, 0) is 33.7 Å². The van der Waals surface area contributed by atoms with Crippen molar-refractivity contribution >= 4 is 19.1 Å². The topological polar surface area (TPSA) is 38.3 Å². The van der Waals surface area contributed by atoms with Gasteiger partial charge in [-0.1, -0.05) is 0 Å². The molecule has 0 amide bonds. The average molecular weight is 205 g/mol. The van der Waals surface area contributed by atoms with Crippen LogP contribution in [0.2, 0.25) is 0 Å². The molecule has 1 saturated heterocycles. The molecular formula is C9H19NO2S. The van der Waals surface area contributed by atoms with Gasteiger partial charge in [0.15, 0.2) is 0 Å². The standard InChI is InChI=1S/C5H10O2.C4H9NS/c1-5(2,3)7-4-6;6-4-1-2-5-3-4/h4H,1-3H3;4-6H,1-3H2. The second-order valence-corrected chi connectivity index (χ2v) is 4.70. The van der Waals surface area contributed by atoms with Crippen LogP contribution in [0, 0.1) is 0 Å². The molecule has 1 aliphatic heterocycles. The highest BCUT2D eigenvalue weighted by molar-refractivity contribution is 7.81. The molecule has 0 aromatic heterocycles. The predicted octanol–water partition coefficient (Wildman–Crippen LogP) is 1.24. The van der Waals surface area contributed by atoms with E-state index in [-0.39, 0.29) is 5.60 Å². The van der Waals surface area contributed by atoms with E-state index in [1.807, 2.05) is 20.8 Å². The summed E-state index contributed by atoms with van der Waals surface area (Å²) in [5, 5.41) is 3.83. The Kier molecular flexibility index (Phi) is 6.16. The Morgan fingerprint density at radius 2 is 2.15 bits per heavy atom.